The zero-order valence-electron chi connectivity index (χ0n) is 16.8. The molecule has 0 unspecified atom stereocenters. The molecule has 3 aromatic rings. The lowest BCUT2D eigenvalue weighted by atomic mass is 10.1. The van der Waals surface area contributed by atoms with E-state index in [1.165, 1.54) is 19.2 Å². The van der Waals surface area contributed by atoms with Crippen LogP contribution in [-0.4, -0.2) is 33.7 Å². The Bertz CT molecular complexity index is 1220. The highest BCUT2D eigenvalue weighted by Crippen LogP contribution is 2.34. The molecule has 0 saturated heterocycles. The van der Waals surface area contributed by atoms with Crippen molar-refractivity contribution in [3.05, 3.63) is 58.5 Å². The van der Waals surface area contributed by atoms with Crippen molar-refractivity contribution < 1.29 is 27.4 Å². The Balaban J connectivity index is 1.39. The molecule has 0 spiro atoms. The SMILES string of the molecule is Cn1c(-c2cccc(C(F)(F)F)c2)nn(CCNC(=O)Nc2ccc3c(c2)OCO3)c1=O. The quantitative estimate of drug-likeness (QED) is 0.624. The number of anilines is 1. The average Bonchev–Trinajstić information content (AvgIpc) is 3.33. The predicted molar refractivity (Wildman–Crippen MR) is 107 cm³/mol. The summed E-state index contributed by atoms with van der Waals surface area (Å²) in [5, 5.41) is 9.34. The maximum absolute atomic E-state index is 13.0. The van der Waals surface area contributed by atoms with E-state index in [2.05, 4.69) is 15.7 Å². The number of fused-ring (bicyclic) bond motifs is 1. The van der Waals surface area contributed by atoms with Crippen molar-refractivity contribution in [3.63, 3.8) is 0 Å². The molecule has 1 aromatic heterocycles. The molecule has 0 aliphatic carbocycles. The Labute approximate surface area is 179 Å². The number of rotatable bonds is 5. The summed E-state index contributed by atoms with van der Waals surface area (Å²) in [4.78, 5) is 24.5. The van der Waals surface area contributed by atoms with Crippen molar-refractivity contribution >= 4 is 11.7 Å². The Morgan fingerprint density at radius 1 is 1.16 bits per heavy atom. The van der Waals surface area contributed by atoms with Gasteiger partial charge in [-0.2, -0.15) is 13.2 Å². The second-order valence-corrected chi connectivity index (χ2v) is 6.92. The molecule has 2 aromatic carbocycles. The van der Waals surface area contributed by atoms with Gasteiger partial charge in [-0.05, 0) is 24.3 Å². The minimum atomic E-state index is -4.51. The van der Waals surface area contributed by atoms with Gasteiger partial charge in [-0.1, -0.05) is 12.1 Å². The number of amides is 2. The lowest BCUT2D eigenvalue weighted by Crippen LogP contribution is -2.34. The van der Waals surface area contributed by atoms with Gasteiger partial charge < -0.3 is 20.1 Å². The third-order valence-corrected chi connectivity index (χ3v) is 4.73. The highest BCUT2D eigenvalue weighted by molar-refractivity contribution is 5.89. The first-order chi connectivity index (χ1) is 15.2. The van der Waals surface area contributed by atoms with E-state index >= 15 is 0 Å². The van der Waals surface area contributed by atoms with Crippen LogP contribution in [0.15, 0.2) is 47.3 Å². The summed E-state index contributed by atoms with van der Waals surface area (Å²) in [5.41, 5.74) is -0.700. The van der Waals surface area contributed by atoms with Crippen LogP contribution in [0, 0.1) is 0 Å². The number of carbonyl (C=O) groups is 1. The molecule has 0 radical (unpaired) electrons. The van der Waals surface area contributed by atoms with Gasteiger partial charge in [0.1, 0.15) is 0 Å². The van der Waals surface area contributed by atoms with Crippen molar-refractivity contribution in [1.82, 2.24) is 19.7 Å². The molecule has 168 valence electrons. The molecule has 12 heteroatoms. The van der Waals surface area contributed by atoms with Crippen LogP contribution in [0.4, 0.5) is 23.7 Å². The minimum Gasteiger partial charge on any atom is -0.454 e. The van der Waals surface area contributed by atoms with E-state index in [4.69, 9.17) is 9.47 Å². The third kappa shape index (κ3) is 4.38. The number of alkyl halides is 3. The molecule has 9 nitrogen and oxygen atoms in total. The van der Waals surface area contributed by atoms with Gasteiger partial charge in [0, 0.05) is 30.9 Å². The van der Waals surface area contributed by atoms with E-state index in [1.54, 1.807) is 18.2 Å². The van der Waals surface area contributed by atoms with Gasteiger partial charge in [0.2, 0.25) is 6.79 Å². The molecule has 1 aliphatic heterocycles. The zero-order valence-corrected chi connectivity index (χ0v) is 16.8. The van der Waals surface area contributed by atoms with Gasteiger partial charge in [-0.25, -0.2) is 14.3 Å². The molecule has 4 rings (SSSR count). The number of carbonyl (C=O) groups excluding carboxylic acids is 1. The van der Waals surface area contributed by atoms with E-state index < -0.39 is 23.5 Å². The van der Waals surface area contributed by atoms with Gasteiger partial charge in [0.25, 0.3) is 0 Å². The molecule has 0 atom stereocenters. The number of ether oxygens (including phenoxy) is 2. The second kappa shape index (κ2) is 8.29. The normalized spacial score (nSPS) is 12.6. The molecule has 2 amide bonds. The zero-order chi connectivity index (χ0) is 22.9. The molecule has 0 fully saturated rings. The van der Waals surface area contributed by atoms with Crippen LogP contribution in [0.2, 0.25) is 0 Å². The van der Waals surface area contributed by atoms with Crippen LogP contribution in [0.5, 0.6) is 11.5 Å². The van der Waals surface area contributed by atoms with Gasteiger partial charge >= 0.3 is 17.9 Å². The molecule has 0 bridgehead atoms. The topological polar surface area (TPSA) is 99.4 Å². The number of benzene rings is 2. The Hall–Kier alpha value is -3.96. The minimum absolute atomic E-state index is 0.0280. The van der Waals surface area contributed by atoms with Crippen LogP contribution >= 0.6 is 0 Å². The van der Waals surface area contributed by atoms with Gasteiger partial charge in [0.15, 0.2) is 17.3 Å². The van der Waals surface area contributed by atoms with Crippen molar-refractivity contribution in [2.24, 2.45) is 7.05 Å². The van der Waals surface area contributed by atoms with Crippen molar-refractivity contribution in [3.8, 4) is 22.9 Å². The standard InChI is InChI=1S/C20H18F3N5O4/c1-27-17(12-3-2-4-13(9-12)20(21,22)23)26-28(19(27)30)8-7-24-18(29)25-14-5-6-15-16(10-14)32-11-31-15/h2-6,9-10H,7-8,11H2,1H3,(H2,24,25,29). The summed E-state index contributed by atoms with van der Waals surface area (Å²) >= 11 is 0. The van der Waals surface area contributed by atoms with E-state index in [0.717, 1.165) is 21.4 Å². The summed E-state index contributed by atoms with van der Waals surface area (Å²) in [5.74, 6) is 1.19. The highest BCUT2D eigenvalue weighted by atomic mass is 19.4. The summed E-state index contributed by atoms with van der Waals surface area (Å²) in [6, 6.07) is 9.00. The maximum Gasteiger partial charge on any atom is 0.416 e. The van der Waals surface area contributed by atoms with Crippen molar-refractivity contribution in [2.75, 3.05) is 18.7 Å². The van der Waals surface area contributed by atoms with Gasteiger partial charge in [-0.3, -0.25) is 4.57 Å². The first-order valence-corrected chi connectivity index (χ1v) is 9.48. The lowest BCUT2D eigenvalue weighted by Gasteiger charge is -2.08. The van der Waals surface area contributed by atoms with E-state index in [9.17, 15) is 22.8 Å². The molecular formula is C20H18F3N5O4. The summed E-state index contributed by atoms with van der Waals surface area (Å²) in [6.07, 6.45) is -4.51. The number of hydrogen-bond donors (Lipinski definition) is 2. The fourth-order valence-corrected chi connectivity index (χ4v) is 3.14. The van der Waals surface area contributed by atoms with Crippen LogP contribution in [-0.2, 0) is 19.8 Å². The fraction of sp³-hybridized carbons (Fsp3) is 0.250. The number of halogens is 3. The van der Waals surface area contributed by atoms with E-state index in [-0.39, 0.29) is 31.3 Å². The molecule has 2 heterocycles. The monoisotopic (exact) mass is 449 g/mol. The van der Waals surface area contributed by atoms with Crippen LogP contribution < -0.4 is 25.8 Å². The summed E-state index contributed by atoms with van der Waals surface area (Å²) in [7, 11) is 1.42. The highest BCUT2D eigenvalue weighted by Gasteiger charge is 2.31. The number of hydrogen-bond acceptors (Lipinski definition) is 5. The summed E-state index contributed by atoms with van der Waals surface area (Å²) < 4.78 is 51.6. The lowest BCUT2D eigenvalue weighted by molar-refractivity contribution is -0.137. The Morgan fingerprint density at radius 2 is 1.94 bits per heavy atom. The number of aromatic nitrogens is 3. The number of nitrogens with one attached hydrogen (secondary N) is 2. The van der Waals surface area contributed by atoms with Crippen LogP contribution in [0.25, 0.3) is 11.4 Å². The molecule has 1 aliphatic rings. The fourth-order valence-electron chi connectivity index (χ4n) is 3.14. The van der Waals surface area contributed by atoms with Crippen molar-refractivity contribution in [2.45, 2.75) is 12.7 Å². The van der Waals surface area contributed by atoms with Gasteiger partial charge in [0.05, 0.1) is 12.1 Å². The maximum atomic E-state index is 13.0. The number of urea groups is 1. The largest absolute Gasteiger partial charge is 0.454 e. The molecule has 2 N–H and O–H groups in total. The van der Waals surface area contributed by atoms with Crippen LogP contribution in [0.1, 0.15) is 5.56 Å². The smallest absolute Gasteiger partial charge is 0.416 e. The second-order valence-electron chi connectivity index (χ2n) is 6.92. The van der Waals surface area contributed by atoms with Gasteiger partial charge in [-0.15, -0.1) is 5.10 Å². The molecular weight excluding hydrogens is 431 g/mol. The molecule has 0 saturated carbocycles. The molecule has 32 heavy (non-hydrogen) atoms. The number of nitrogens with zero attached hydrogens (tertiary/aromatic N) is 3. The first kappa shape index (κ1) is 21.3. The first-order valence-electron chi connectivity index (χ1n) is 9.48. The third-order valence-electron chi connectivity index (χ3n) is 4.73. The predicted octanol–water partition coefficient (Wildman–Crippen LogP) is 2.82. The Kier molecular flexibility index (Phi) is 5.51. The van der Waals surface area contributed by atoms with E-state index in [1.807, 2.05) is 0 Å². The average molecular weight is 449 g/mol. The summed E-state index contributed by atoms with van der Waals surface area (Å²) in [6.45, 7) is 0.210. The van der Waals surface area contributed by atoms with Crippen LogP contribution in [0.3, 0.4) is 0 Å². The Morgan fingerprint density at radius 3 is 2.72 bits per heavy atom. The van der Waals surface area contributed by atoms with E-state index in [0.29, 0.717) is 17.2 Å². The van der Waals surface area contributed by atoms with Crippen molar-refractivity contribution in [1.29, 1.82) is 0 Å².